The normalized spacial score (nSPS) is 11.0. The Bertz CT molecular complexity index is 1270. The largest absolute Gasteiger partial charge is 0.326 e. The highest BCUT2D eigenvalue weighted by atomic mass is 79.9. The minimum absolute atomic E-state index is 0.163. The lowest BCUT2D eigenvalue weighted by atomic mass is 10.2. The monoisotopic (exact) mass is 465 g/mol. The summed E-state index contributed by atoms with van der Waals surface area (Å²) in [6.45, 7) is 4.02. The second-order valence-corrected chi connectivity index (χ2v) is 7.97. The van der Waals surface area contributed by atoms with Gasteiger partial charge in [0.05, 0.1) is 11.9 Å². The molecule has 152 valence electrons. The summed E-state index contributed by atoms with van der Waals surface area (Å²) >= 11 is 3.36. The Hall–Kier alpha value is -3.26. The summed E-state index contributed by atoms with van der Waals surface area (Å²) in [5.74, 6) is 0.372. The zero-order chi connectivity index (χ0) is 21.3. The minimum Gasteiger partial charge on any atom is -0.326 e. The minimum atomic E-state index is -0.202. The topological polar surface area (TPSA) is 81.8 Å². The van der Waals surface area contributed by atoms with Crippen LogP contribution in [0.15, 0.2) is 64.0 Å². The molecule has 1 amide bonds. The third-order valence-corrected chi connectivity index (χ3v) is 5.38. The molecule has 0 aliphatic heterocycles. The Morgan fingerprint density at radius 3 is 2.47 bits per heavy atom. The molecule has 2 aromatic carbocycles. The van der Waals surface area contributed by atoms with Crippen molar-refractivity contribution < 1.29 is 4.79 Å². The molecule has 0 saturated carbocycles. The molecule has 7 nitrogen and oxygen atoms in total. The van der Waals surface area contributed by atoms with Crippen LogP contribution in [0.4, 0.5) is 5.69 Å². The van der Waals surface area contributed by atoms with Crippen LogP contribution in [-0.4, -0.2) is 25.2 Å². The summed E-state index contributed by atoms with van der Waals surface area (Å²) < 4.78 is 4.12. The van der Waals surface area contributed by atoms with Crippen molar-refractivity contribution in [3.8, 4) is 5.69 Å². The number of halogens is 1. The van der Waals surface area contributed by atoms with Gasteiger partial charge in [-0.25, -0.2) is 9.67 Å². The molecule has 0 saturated heterocycles. The van der Waals surface area contributed by atoms with Crippen molar-refractivity contribution in [2.24, 2.45) is 0 Å². The molecule has 4 aromatic rings. The maximum absolute atomic E-state index is 13.0. The molecule has 0 aliphatic rings. The lowest BCUT2D eigenvalue weighted by Crippen LogP contribution is -2.26. The molecule has 1 N–H and O–H groups in total. The maximum atomic E-state index is 13.0. The van der Waals surface area contributed by atoms with E-state index >= 15 is 0 Å². The molecule has 0 bridgehead atoms. The summed E-state index contributed by atoms with van der Waals surface area (Å²) in [4.78, 5) is 29.9. The van der Waals surface area contributed by atoms with Gasteiger partial charge in [0.2, 0.25) is 5.91 Å². The molecule has 0 fully saturated rings. The number of amides is 1. The van der Waals surface area contributed by atoms with Crippen molar-refractivity contribution in [1.29, 1.82) is 0 Å². The van der Waals surface area contributed by atoms with Gasteiger partial charge in [-0.05, 0) is 50.2 Å². The number of fused-ring (bicyclic) bond motifs is 1. The zero-order valence-corrected chi connectivity index (χ0v) is 18.2. The van der Waals surface area contributed by atoms with Crippen LogP contribution >= 0.6 is 15.9 Å². The van der Waals surface area contributed by atoms with E-state index in [2.05, 4.69) is 31.3 Å². The summed E-state index contributed by atoms with van der Waals surface area (Å²) in [6, 6.07) is 15.2. The SMILES string of the molecule is Cc1ccc(-n2ncc3c(=O)n(CCC(=O)Nc4ccc(Br)cc4)c(C)nc32)cc1. The number of aromatic nitrogens is 4. The van der Waals surface area contributed by atoms with Crippen LogP contribution in [0.3, 0.4) is 0 Å². The van der Waals surface area contributed by atoms with Crippen molar-refractivity contribution in [1.82, 2.24) is 19.3 Å². The first-order chi connectivity index (χ1) is 14.4. The number of nitrogens with one attached hydrogen (secondary N) is 1. The van der Waals surface area contributed by atoms with E-state index in [9.17, 15) is 9.59 Å². The number of hydrogen-bond acceptors (Lipinski definition) is 4. The van der Waals surface area contributed by atoms with Crippen LogP contribution in [0.5, 0.6) is 0 Å². The van der Waals surface area contributed by atoms with E-state index in [1.54, 1.807) is 11.6 Å². The third kappa shape index (κ3) is 4.04. The van der Waals surface area contributed by atoms with Crippen LogP contribution < -0.4 is 10.9 Å². The predicted molar refractivity (Wildman–Crippen MR) is 120 cm³/mol. The van der Waals surface area contributed by atoms with Gasteiger partial charge in [-0.15, -0.1) is 0 Å². The fraction of sp³-hybridized carbons (Fsp3) is 0.182. The van der Waals surface area contributed by atoms with Gasteiger partial charge in [-0.1, -0.05) is 33.6 Å². The number of nitrogens with zero attached hydrogens (tertiary/aromatic N) is 4. The van der Waals surface area contributed by atoms with Crippen molar-refractivity contribution in [3.63, 3.8) is 0 Å². The molecule has 0 spiro atoms. The zero-order valence-electron chi connectivity index (χ0n) is 16.6. The molecular weight excluding hydrogens is 446 g/mol. The Balaban J connectivity index is 1.56. The van der Waals surface area contributed by atoms with Gasteiger partial charge < -0.3 is 5.32 Å². The van der Waals surface area contributed by atoms with Crippen molar-refractivity contribution in [3.05, 3.63) is 80.9 Å². The molecule has 0 atom stereocenters. The van der Waals surface area contributed by atoms with Crippen molar-refractivity contribution in [2.45, 2.75) is 26.8 Å². The third-order valence-electron chi connectivity index (χ3n) is 4.85. The number of carbonyl (C=O) groups excluding carboxylic acids is 1. The second-order valence-electron chi connectivity index (χ2n) is 7.05. The Morgan fingerprint density at radius 2 is 1.77 bits per heavy atom. The van der Waals surface area contributed by atoms with Crippen molar-refractivity contribution in [2.75, 3.05) is 5.32 Å². The number of anilines is 1. The van der Waals surface area contributed by atoms with Crippen LogP contribution in [0.25, 0.3) is 16.7 Å². The number of aryl methyl sites for hydroxylation is 2. The van der Waals surface area contributed by atoms with E-state index in [0.717, 1.165) is 15.7 Å². The van der Waals surface area contributed by atoms with Crippen LogP contribution in [0.2, 0.25) is 0 Å². The highest BCUT2D eigenvalue weighted by Crippen LogP contribution is 2.16. The fourth-order valence-electron chi connectivity index (χ4n) is 3.21. The van der Waals surface area contributed by atoms with Crippen LogP contribution in [0, 0.1) is 13.8 Å². The molecule has 2 aromatic heterocycles. The highest BCUT2D eigenvalue weighted by molar-refractivity contribution is 9.10. The van der Waals surface area contributed by atoms with Gasteiger partial charge >= 0.3 is 0 Å². The lowest BCUT2D eigenvalue weighted by Gasteiger charge is -2.11. The molecular formula is C22H20BrN5O2. The smallest absolute Gasteiger partial charge is 0.264 e. The Morgan fingerprint density at radius 1 is 1.07 bits per heavy atom. The Labute approximate surface area is 181 Å². The summed E-state index contributed by atoms with van der Waals surface area (Å²) in [6.07, 6.45) is 1.69. The van der Waals surface area contributed by atoms with E-state index in [0.29, 0.717) is 22.5 Å². The van der Waals surface area contributed by atoms with Crippen LogP contribution in [0.1, 0.15) is 17.8 Å². The summed E-state index contributed by atoms with van der Waals surface area (Å²) in [5, 5.41) is 7.61. The van der Waals surface area contributed by atoms with Gasteiger partial charge in [0.25, 0.3) is 5.56 Å². The van der Waals surface area contributed by atoms with Gasteiger partial charge in [-0.2, -0.15) is 5.10 Å². The number of benzene rings is 2. The first kappa shape index (κ1) is 20.0. The van der Waals surface area contributed by atoms with E-state index in [-0.39, 0.29) is 24.4 Å². The molecule has 4 rings (SSSR count). The standard InChI is InChI=1S/C22H20BrN5O2/c1-14-3-9-18(10-4-14)28-21-19(13-24-28)22(30)27(15(2)25-21)12-11-20(29)26-17-7-5-16(23)6-8-17/h3-10,13H,11-12H2,1-2H3,(H,26,29). The number of rotatable bonds is 5. The number of hydrogen-bond donors (Lipinski definition) is 1. The second kappa shape index (κ2) is 8.23. The molecule has 0 aliphatic carbocycles. The molecule has 0 unspecified atom stereocenters. The van der Waals surface area contributed by atoms with Gasteiger partial charge in [0.1, 0.15) is 11.2 Å². The average Bonchev–Trinajstić information content (AvgIpc) is 3.14. The van der Waals surface area contributed by atoms with Crippen LogP contribution in [-0.2, 0) is 11.3 Å². The quantitative estimate of drug-likeness (QED) is 0.482. The summed E-state index contributed by atoms with van der Waals surface area (Å²) in [7, 11) is 0. The molecule has 30 heavy (non-hydrogen) atoms. The summed E-state index contributed by atoms with van der Waals surface area (Å²) in [5.41, 5.74) is 3.00. The molecule has 0 radical (unpaired) electrons. The van der Waals surface area contributed by atoms with Gasteiger partial charge in [-0.3, -0.25) is 14.2 Å². The highest BCUT2D eigenvalue weighted by Gasteiger charge is 2.15. The first-order valence-electron chi connectivity index (χ1n) is 9.50. The maximum Gasteiger partial charge on any atom is 0.264 e. The number of carbonyl (C=O) groups is 1. The average molecular weight is 466 g/mol. The molecule has 2 heterocycles. The lowest BCUT2D eigenvalue weighted by molar-refractivity contribution is -0.116. The van der Waals surface area contributed by atoms with Crippen molar-refractivity contribution >= 4 is 38.6 Å². The van der Waals surface area contributed by atoms with E-state index in [1.807, 2.05) is 55.5 Å². The fourth-order valence-corrected chi connectivity index (χ4v) is 3.48. The van der Waals surface area contributed by atoms with E-state index < -0.39 is 0 Å². The van der Waals surface area contributed by atoms with Gasteiger partial charge in [0, 0.05) is 23.1 Å². The molecule has 8 heteroatoms. The van der Waals surface area contributed by atoms with E-state index in [4.69, 9.17) is 0 Å². The Kier molecular flexibility index (Phi) is 5.50. The van der Waals surface area contributed by atoms with E-state index in [1.165, 1.54) is 10.8 Å². The predicted octanol–water partition coefficient (Wildman–Crippen LogP) is 3.99. The first-order valence-corrected chi connectivity index (χ1v) is 10.3. The van der Waals surface area contributed by atoms with Gasteiger partial charge in [0.15, 0.2) is 5.65 Å².